The molecule has 0 amide bonds. The Balaban J connectivity index is 1.29. The number of ether oxygens (including phenoxy) is 4. The number of aromatic nitrogens is 5. The number of rotatable bonds is 7. The highest BCUT2D eigenvalue weighted by Gasteiger charge is 2.51. The monoisotopic (exact) mass is 653 g/mol. The van der Waals surface area contributed by atoms with Crippen LogP contribution < -0.4 is 4.73 Å². The number of carbonyl (C=O) groups excluding carboxylic acids is 5. The molecule has 0 bridgehead atoms. The Bertz CT molecular complexity index is 2190. The fraction of sp³-hybridized carbons (Fsp3) is 0.273. The number of carbonyl (C=O) groups is 5. The molecule has 4 heterocycles. The third kappa shape index (κ3) is 5.04. The molecule has 1 aliphatic carbocycles. The van der Waals surface area contributed by atoms with Gasteiger partial charge in [0.1, 0.15) is 24.1 Å². The zero-order valence-electron chi connectivity index (χ0n) is 25.8. The maximum absolute atomic E-state index is 14.3. The van der Waals surface area contributed by atoms with E-state index in [0.717, 1.165) is 6.20 Å². The summed E-state index contributed by atoms with van der Waals surface area (Å²) < 4.78 is 25.6. The summed E-state index contributed by atoms with van der Waals surface area (Å²) in [6.45, 7) is 3.28. The number of hydrogen-bond donors (Lipinski definition) is 0. The Kier molecular flexibility index (Phi) is 7.47. The van der Waals surface area contributed by atoms with Gasteiger partial charge in [-0.25, -0.2) is 4.68 Å². The first-order chi connectivity index (χ1) is 23.0. The van der Waals surface area contributed by atoms with Crippen LogP contribution >= 0.6 is 0 Å². The average Bonchev–Trinajstić information content (AvgIpc) is 3.74. The summed E-state index contributed by atoms with van der Waals surface area (Å²) in [5, 5.41) is 22.2. The molecule has 0 N–H and O–H groups in total. The summed E-state index contributed by atoms with van der Waals surface area (Å²) in [5.74, 6) is -2.81. The fourth-order valence-corrected chi connectivity index (χ4v) is 6.46. The van der Waals surface area contributed by atoms with E-state index in [0.29, 0.717) is 26.7 Å². The highest BCUT2D eigenvalue weighted by atomic mass is 16.7. The fourth-order valence-electron chi connectivity index (χ4n) is 6.46. The zero-order chi connectivity index (χ0) is 33.9. The number of hydrogen-bond acceptors (Lipinski definition) is 12. The van der Waals surface area contributed by atoms with Gasteiger partial charge in [0.15, 0.2) is 24.6 Å². The van der Waals surface area contributed by atoms with Crippen molar-refractivity contribution >= 4 is 51.3 Å². The van der Waals surface area contributed by atoms with Crippen molar-refractivity contribution in [2.45, 2.75) is 51.9 Å². The predicted molar refractivity (Wildman–Crippen MR) is 162 cm³/mol. The van der Waals surface area contributed by atoms with Crippen molar-refractivity contribution in [1.82, 2.24) is 19.6 Å². The summed E-state index contributed by atoms with van der Waals surface area (Å²) in [5.41, 5.74) is 1.66. The van der Waals surface area contributed by atoms with Crippen LogP contribution in [0.1, 0.15) is 64.7 Å². The van der Waals surface area contributed by atoms with Crippen molar-refractivity contribution in [3.8, 4) is 0 Å². The molecule has 0 unspecified atom stereocenters. The van der Waals surface area contributed by atoms with Gasteiger partial charge in [-0.2, -0.15) is 4.73 Å². The maximum Gasteiger partial charge on any atom is 0.303 e. The molecule has 5 aromatic rings. The first-order valence-electron chi connectivity index (χ1n) is 14.9. The van der Waals surface area contributed by atoms with E-state index in [1.54, 1.807) is 53.1 Å². The molecule has 4 atom stereocenters. The summed E-state index contributed by atoms with van der Waals surface area (Å²) in [6, 6.07) is 13.6. The molecule has 244 valence electrons. The van der Waals surface area contributed by atoms with Crippen LogP contribution in [-0.2, 0) is 39.9 Å². The third-order valence-corrected chi connectivity index (χ3v) is 8.29. The topological polar surface area (TPSA) is 185 Å². The van der Waals surface area contributed by atoms with Gasteiger partial charge in [0.2, 0.25) is 17.1 Å². The van der Waals surface area contributed by atoms with Crippen molar-refractivity contribution in [3.63, 3.8) is 0 Å². The highest BCUT2D eigenvalue weighted by Crippen LogP contribution is 2.38. The van der Waals surface area contributed by atoms with Crippen LogP contribution in [-0.4, -0.2) is 74.0 Å². The van der Waals surface area contributed by atoms with E-state index in [1.807, 2.05) is 0 Å². The van der Waals surface area contributed by atoms with Crippen LogP contribution in [0.4, 0.5) is 0 Å². The van der Waals surface area contributed by atoms with Gasteiger partial charge in [0.05, 0.1) is 34.8 Å². The van der Waals surface area contributed by atoms with Crippen molar-refractivity contribution in [2.75, 3.05) is 6.61 Å². The highest BCUT2D eigenvalue weighted by molar-refractivity contribution is 6.34. The van der Waals surface area contributed by atoms with Crippen LogP contribution in [0, 0.1) is 5.21 Å². The van der Waals surface area contributed by atoms with Gasteiger partial charge in [-0.1, -0.05) is 35.5 Å². The standard InChI is InChI=1S/C33H27N5O10/c1-16(39)45-15-25-31(46-17(2)40)32(47-18(3)41)33(48-25)37-13-19(34-35-37)12-36-23-10-6-4-8-20(23)27-28(36)30(43)26-21-9-5-7-11-24(21)38(44)14-22(26)29(27)42/h4-11,13-14,25,31-33H,12,15H2,1-3H3/t25-,31-,32-,33+/m1/s1. The summed E-state index contributed by atoms with van der Waals surface area (Å²) in [4.78, 5) is 63.8. The lowest BCUT2D eigenvalue weighted by atomic mass is 9.85. The van der Waals surface area contributed by atoms with Crippen LogP contribution in [0.15, 0.2) is 60.9 Å². The van der Waals surface area contributed by atoms with Crippen molar-refractivity contribution < 1.29 is 47.7 Å². The van der Waals surface area contributed by atoms with Crippen molar-refractivity contribution in [3.05, 3.63) is 94.2 Å². The summed E-state index contributed by atoms with van der Waals surface area (Å²) in [7, 11) is 0. The summed E-state index contributed by atoms with van der Waals surface area (Å²) in [6.07, 6.45) is -1.76. The van der Waals surface area contributed by atoms with Crippen LogP contribution in [0.25, 0.3) is 21.8 Å². The smallest absolute Gasteiger partial charge is 0.303 e. The summed E-state index contributed by atoms with van der Waals surface area (Å²) >= 11 is 0. The lowest BCUT2D eigenvalue weighted by Crippen LogP contribution is -2.40. The molecule has 0 saturated carbocycles. The predicted octanol–water partition coefficient (Wildman–Crippen LogP) is 2.17. The minimum absolute atomic E-state index is 0.00821. The van der Waals surface area contributed by atoms with E-state index >= 15 is 0 Å². The first kappa shape index (κ1) is 30.7. The van der Waals surface area contributed by atoms with E-state index in [-0.39, 0.29) is 41.1 Å². The number of nitrogens with zero attached hydrogens (tertiary/aromatic N) is 5. The SMILES string of the molecule is CC(=O)OC[C@H]1O[C@H](n2cc(Cn3c4c(c5ccccc53)C(=O)c3c[n+]([O-])c5ccccc5c3C4=O)nn2)[C@H](OC(C)=O)[C@@H]1OC(C)=O. The molecule has 1 aliphatic heterocycles. The largest absolute Gasteiger partial charge is 0.618 e. The van der Waals surface area contributed by atoms with Gasteiger partial charge in [0.25, 0.3) is 0 Å². The van der Waals surface area contributed by atoms with Crippen molar-refractivity contribution in [2.24, 2.45) is 0 Å². The second-order valence-corrected chi connectivity index (χ2v) is 11.5. The maximum atomic E-state index is 14.3. The van der Waals surface area contributed by atoms with E-state index in [9.17, 15) is 29.2 Å². The van der Waals surface area contributed by atoms with Gasteiger partial charge in [-0.3, -0.25) is 24.0 Å². The van der Waals surface area contributed by atoms with Gasteiger partial charge < -0.3 is 28.7 Å². The molecule has 48 heavy (non-hydrogen) atoms. The number of esters is 3. The van der Waals surface area contributed by atoms with Crippen LogP contribution in [0.2, 0.25) is 0 Å². The zero-order valence-corrected chi connectivity index (χ0v) is 25.8. The Morgan fingerprint density at radius 2 is 1.58 bits per heavy atom. The minimum atomic E-state index is -1.17. The Labute approximate surface area is 271 Å². The van der Waals surface area contributed by atoms with E-state index in [2.05, 4.69) is 10.3 Å². The lowest BCUT2D eigenvalue weighted by Gasteiger charge is -2.23. The number of para-hydroxylation sites is 2. The second kappa shape index (κ2) is 11.7. The molecule has 1 saturated heterocycles. The van der Waals surface area contributed by atoms with Gasteiger partial charge >= 0.3 is 17.9 Å². The lowest BCUT2D eigenvalue weighted by molar-refractivity contribution is -0.577. The molecule has 2 aromatic carbocycles. The van der Waals surface area contributed by atoms with Crippen LogP contribution in [0.3, 0.4) is 0 Å². The van der Waals surface area contributed by atoms with Crippen LogP contribution in [0.5, 0.6) is 0 Å². The quantitative estimate of drug-likeness (QED) is 0.106. The Hall–Kier alpha value is -5.96. The minimum Gasteiger partial charge on any atom is -0.618 e. The third-order valence-electron chi connectivity index (χ3n) is 8.29. The van der Waals surface area contributed by atoms with Gasteiger partial charge in [-0.05, 0) is 12.1 Å². The normalized spacial score (nSPS) is 20.1. The van der Waals surface area contributed by atoms with E-state index in [1.165, 1.54) is 31.6 Å². The molecule has 2 aliphatic rings. The molecular formula is C33H27N5O10. The van der Waals surface area contributed by atoms with Crippen molar-refractivity contribution in [1.29, 1.82) is 0 Å². The molecular weight excluding hydrogens is 626 g/mol. The van der Waals surface area contributed by atoms with Gasteiger partial charge in [0, 0.05) is 37.7 Å². The number of fused-ring (bicyclic) bond motifs is 6. The Morgan fingerprint density at radius 3 is 2.31 bits per heavy atom. The number of pyridine rings is 1. The average molecular weight is 654 g/mol. The molecule has 0 spiro atoms. The van der Waals surface area contributed by atoms with E-state index < -0.39 is 54.0 Å². The van der Waals surface area contributed by atoms with Gasteiger partial charge in [-0.15, -0.1) is 5.10 Å². The molecule has 1 fully saturated rings. The van der Waals surface area contributed by atoms with E-state index in [4.69, 9.17) is 18.9 Å². The number of ketones is 2. The first-order valence-corrected chi connectivity index (χ1v) is 14.9. The molecule has 15 heteroatoms. The molecule has 15 nitrogen and oxygen atoms in total. The molecule has 3 aromatic heterocycles. The molecule has 0 radical (unpaired) electrons. The Morgan fingerprint density at radius 1 is 0.896 bits per heavy atom. The number of benzene rings is 2. The second-order valence-electron chi connectivity index (χ2n) is 11.5. The molecule has 7 rings (SSSR count).